The monoisotopic (exact) mass is 149 g/mol. The van der Waals surface area contributed by atoms with Crippen LogP contribution in [0.3, 0.4) is 0 Å². The maximum atomic E-state index is 10.0. The molecule has 3 N–H and O–H groups in total. The Kier molecular flexibility index (Phi) is 5.09. The van der Waals surface area contributed by atoms with E-state index in [0.717, 1.165) is 0 Å². The molecule has 0 saturated carbocycles. The van der Waals surface area contributed by atoms with E-state index in [-0.39, 0.29) is 0 Å². The standard InChI is InChI=1S/C7H7N3O/c1-2-3-4-5-6-9-10-7(8)11/h6H,1H3,(H3,8,10,11)/b9-6+. The van der Waals surface area contributed by atoms with Gasteiger partial charge < -0.3 is 5.73 Å². The normalized spacial score (nSPS) is 7.36. The molecule has 0 unspecified atom stereocenters. The Bertz CT molecular complexity index is 272. The van der Waals surface area contributed by atoms with Crippen molar-refractivity contribution in [2.24, 2.45) is 10.8 Å². The fraction of sp³-hybridized carbons (Fsp3) is 0.143. The quantitative estimate of drug-likeness (QED) is 0.299. The van der Waals surface area contributed by atoms with Crippen LogP contribution in [-0.4, -0.2) is 12.2 Å². The highest BCUT2D eigenvalue weighted by Crippen LogP contribution is 1.56. The smallest absolute Gasteiger partial charge is 0.332 e. The molecule has 0 radical (unpaired) electrons. The third kappa shape index (κ3) is 8.06. The number of hydrazone groups is 1. The van der Waals surface area contributed by atoms with E-state index in [2.05, 4.69) is 28.8 Å². The molecular formula is C7H7N3O. The van der Waals surface area contributed by atoms with Gasteiger partial charge in [-0.1, -0.05) is 5.92 Å². The second kappa shape index (κ2) is 6.18. The maximum Gasteiger partial charge on any atom is 0.332 e. The number of amides is 2. The average Bonchev–Trinajstić information content (AvgIpc) is 1.96. The number of hydrogen-bond acceptors (Lipinski definition) is 2. The Morgan fingerprint density at radius 1 is 1.64 bits per heavy atom. The third-order valence-electron chi connectivity index (χ3n) is 0.564. The van der Waals surface area contributed by atoms with Crippen LogP contribution in [-0.2, 0) is 0 Å². The minimum Gasteiger partial charge on any atom is -0.350 e. The lowest BCUT2D eigenvalue weighted by molar-refractivity contribution is 0.249. The molecule has 0 aromatic carbocycles. The second-order valence-electron chi connectivity index (χ2n) is 1.38. The van der Waals surface area contributed by atoms with Crippen LogP contribution < -0.4 is 11.2 Å². The first-order chi connectivity index (χ1) is 5.27. The average molecular weight is 149 g/mol. The SMILES string of the molecule is CC#CC#C/C=N/NC(N)=O. The van der Waals surface area contributed by atoms with Crippen molar-refractivity contribution in [2.75, 3.05) is 0 Å². The Labute approximate surface area is 64.8 Å². The molecule has 0 aromatic rings. The Morgan fingerprint density at radius 3 is 2.91 bits per heavy atom. The predicted octanol–water partition coefficient (Wildman–Crippen LogP) is -0.333. The summed E-state index contributed by atoms with van der Waals surface area (Å²) < 4.78 is 0. The van der Waals surface area contributed by atoms with Gasteiger partial charge in [-0.05, 0) is 24.7 Å². The summed E-state index contributed by atoms with van der Waals surface area (Å²) in [6.07, 6.45) is 1.20. The van der Waals surface area contributed by atoms with Crippen LogP contribution >= 0.6 is 0 Å². The lowest BCUT2D eigenvalue weighted by Gasteiger charge is -1.84. The number of carbonyl (C=O) groups is 1. The summed E-state index contributed by atoms with van der Waals surface area (Å²) in [6.45, 7) is 1.67. The number of nitrogens with one attached hydrogen (secondary N) is 1. The lowest BCUT2D eigenvalue weighted by Crippen LogP contribution is -2.24. The van der Waals surface area contributed by atoms with Gasteiger partial charge in [0, 0.05) is 0 Å². The molecule has 2 amide bonds. The zero-order valence-electron chi connectivity index (χ0n) is 6.01. The van der Waals surface area contributed by atoms with Crippen molar-refractivity contribution in [3.63, 3.8) is 0 Å². The highest BCUT2D eigenvalue weighted by molar-refractivity contribution is 5.81. The van der Waals surface area contributed by atoms with E-state index in [9.17, 15) is 4.79 Å². The molecule has 4 nitrogen and oxygen atoms in total. The van der Waals surface area contributed by atoms with Gasteiger partial charge in [0.1, 0.15) is 0 Å². The zero-order valence-corrected chi connectivity index (χ0v) is 6.01. The Balaban J connectivity index is 3.68. The summed E-state index contributed by atoms with van der Waals surface area (Å²) in [5.41, 5.74) is 6.67. The van der Waals surface area contributed by atoms with Gasteiger partial charge in [0.05, 0.1) is 6.21 Å². The molecule has 0 bridgehead atoms. The van der Waals surface area contributed by atoms with Crippen molar-refractivity contribution in [1.29, 1.82) is 0 Å². The molecule has 0 saturated heterocycles. The number of primary amides is 1. The van der Waals surface area contributed by atoms with Gasteiger partial charge in [-0.25, -0.2) is 10.2 Å². The maximum absolute atomic E-state index is 10.0. The topological polar surface area (TPSA) is 67.5 Å². The summed E-state index contributed by atoms with van der Waals surface area (Å²) in [4.78, 5) is 10.0. The molecule has 0 aliphatic rings. The third-order valence-corrected chi connectivity index (χ3v) is 0.564. The van der Waals surface area contributed by atoms with Gasteiger partial charge in [0.15, 0.2) is 0 Å². The molecule has 4 heteroatoms. The van der Waals surface area contributed by atoms with Crippen LogP contribution in [0.25, 0.3) is 0 Å². The molecule has 11 heavy (non-hydrogen) atoms. The largest absolute Gasteiger partial charge is 0.350 e. The van der Waals surface area contributed by atoms with E-state index in [4.69, 9.17) is 5.73 Å². The number of urea groups is 1. The molecule has 0 aliphatic heterocycles. The van der Waals surface area contributed by atoms with E-state index in [1.807, 2.05) is 5.43 Å². The van der Waals surface area contributed by atoms with Crippen molar-refractivity contribution in [3.8, 4) is 23.7 Å². The van der Waals surface area contributed by atoms with Crippen LogP contribution in [0.2, 0.25) is 0 Å². The van der Waals surface area contributed by atoms with Gasteiger partial charge in [-0.3, -0.25) is 0 Å². The number of nitrogens with zero attached hydrogens (tertiary/aromatic N) is 1. The molecule has 0 atom stereocenters. The first kappa shape index (κ1) is 9.06. The first-order valence-corrected chi connectivity index (χ1v) is 2.76. The van der Waals surface area contributed by atoms with E-state index in [1.165, 1.54) is 6.21 Å². The number of nitrogens with two attached hydrogens (primary N) is 1. The van der Waals surface area contributed by atoms with Gasteiger partial charge in [0.25, 0.3) is 0 Å². The van der Waals surface area contributed by atoms with Crippen molar-refractivity contribution in [3.05, 3.63) is 0 Å². The molecule has 56 valence electrons. The molecule has 0 rings (SSSR count). The Hall–Kier alpha value is -1.94. The van der Waals surface area contributed by atoms with Gasteiger partial charge in [-0.15, -0.1) is 0 Å². The van der Waals surface area contributed by atoms with E-state index in [0.29, 0.717) is 0 Å². The molecule has 0 spiro atoms. The summed E-state index contributed by atoms with van der Waals surface area (Å²) in [5, 5.41) is 3.35. The van der Waals surface area contributed by atoms with Crippen molar-refractivity contribution >= 4 is 12.2 Å². The van der Waals surface area contributed by atoms with E-state index >= 15 is 0 Å². The van der Waals surface area contributed by atoms with Crippen LogP contribution in [0.4, 0.5) is 4.79 Å². The van der Waals surface area contributed by atoms with E-state index < -0.39 is 6.03 Å². The van der Waals surface area contributed by atoms with Crippen molar-refractivity contribution in [2.45, 2.75) is 6.92 Å². The van der Waals surface area contributed by atoms with Crippen LogP contribution in [0.15, 0.2) is 5.10 Å². The van der Waals surface area contributed by atoms with Gasteiger partial charge in [-0.2, -0.15) is 5.10 Å². The minimum absolute atomic E-state index is 0.718. The molecule has 0 fully saturated rings. The van der Waals surface area contributed by atoms with E-state index in [1.54, 1.807) is 6.92 Å². The lowest BCUT2D eigenvalue weighted by atomic mass is 10.6. The highest BCUT2D eigenvalue weighted by Gasteiger charge is 1.79. The second-order valence-corrected chi connectivity index (χ2v) is 1.38. The molecule has 0 heterocycles. The number of hydrogen-bond donors (Lipinski definition) is 2. The molecule has 0 aliphatic carbocycles. The van der Waals surface area contributed by atoms with Gasteiger partial charge in [0.2, 0.25) is 0 Å². The summed E-state index contributed by atoms with van der Waals surface area (Å²) in [5.74, 6) is 9.97. The molecule has 0 aromatic heterocycles. The predicted molar refractivity (Wildman–Crippen MR) is 42.4 cm³/mol. The fourth-order valence-corrected chi connectivity index (χ4v) is 0.259. The van der Waals surface area contributed by atoms with Crippen LogP contribution in [0.5, 0.6) is 0 Å². The Morgan fingerprint density at radius 2 is 2.36 bits per heavy atom. The molecular weight excluding hydrogens is 142 g/mol. The zero-order chi connectivity index (χ0) is 8.53. The van der Waals surface area contributed by atoms with Crippen molar-refractivity contribution < 1.29 is 4.79 Å². The summed E-state index contributed by atoms with van der Waals surface area (Å²) >= 11 is 0. The van der Waals surface area contributed by atoms with Crippen molar-refractivity contribution in [1.82, 2.24) is 5.43 Å². The summed E-state index contributed by atoms with van der Waals surface area (Å²) in [7, 11) is 0. The number of rotatable bonds is 1. The fourth-order valence-electron chi connectivity index (χ4n) is 0.259. The number of carbonyl (C=O) groups excluding carboxylic acids is 1. The highest BCUT2D eigenvalue weighted by atomic mass is 16.2. The minimum atomic E-state index is -0.718. The van der Waals surface area contributed by atoms with Crippen LogP contribution in [0.1, 0.15) is 6.92 Å². The summed E-state index contributed by atoms with van der Waals surface area (Å²) in [6, 6.07) is -0.718. The first-order valence-electron chi connectivity index (χ1n) is 2.76. The van der Waals surface area contributed by atoms with Gasteiger partial charge >= 0.3 is 6.03 Å². The van der Waals surface area contributed by atoms with Crippen LogP contribution in [0, 0.1) is 23.7 Å².